The summed E-state index contributed by atoms with van der Waals surface area (Å²) in [6.07, 6.45) is 0. The smallest absolute Gasteiger partial charge is 0.317 e. The van der Waals surface area contributed by atoms with Crippen molar-refractivity contribution in [3.05, 3.63) is 71.3 Å². The fourth-order valence-electron chi connectivity index (χ4n) is 2.24. The van der Waals surface area contributed by atoms with E-state index in [-0.39, 0.29) is 12.1 Å². The molecule has 2 rings (SSSR count). The first kappa shape index (κ1) is 15.1. The Balaban J connectivity index is 1.95. The third-order valence-electron chi connectivity index (χ3n) is 3.66. The molecule has 110 valence electrons. The van der Waals surface area contributed by atoms with Gasteiger partial charge < -0.3 is 10.2 Å². The van der Waals surface area contributed by atoms with Crippen LogP contribution in [0.15, 0.2) is 54.6 Å². The van der Waals surface area contributed by atoms with E-state index >= 15 is 0 Å². The predicted octanol–water partition coefficient (Wildman–Crippen LogP) is 3.90. The van der Waals surface area contributed by atoms with Crippen molar-refractivity contribution in [1.29, 1.82) is 0 Å². The number of hydrogen-bond donors (Lipinski definition) is 1. The fraction of sp³-hybridized carbons (Fsp3) is 0.278. The molecule has 0 spiro atoms. The molecule has 2 aromatic rings. The minimum Gasteiger partial charge on any atom is -0.331 e. The summed E-state index contributed by atoms with van der Waals surface area (Å²) >= 11 is 0. The summed E-state index contributed by atoms with van der Waals surface area (Å²) in [5.74, 6) is 0. The number of carbonyl (C=O) groups is 1. The van der Waals surface area contributed by atoms with Crippen LogP contribution in [-0.2, 0) is 6.54 Å². The van der Waals surface area contributed by atoms with Crippen LogP contribution in [0, 0.1) is 6.92 Å². The van der Waals surface area contributed by atoms with Gasteiger partial charge in [-0.15, -0.1) is 0 Å². The summed E-state index contributed by atoms with van der Waals surface area (Å²) in [5, 5.41) is 3.02. The third kappa shape index (κ3) is 4.09. The van der Waals surface area contributed by atoms with Crippen molar-refractivity contribution in [3.63, 3.8) is 0 Å². The maximum absolute atomic E-state index is 12.3. The molecule has 0 heterocycles. The molecule has 0 radical (unpaired) electrons. The van der Waals surface area contributed by atoms with E-state index in [1.165, 1.54) is 11.1 Å². The molecule has 0 aliphatic carbocycles. The molecule has 0 aromatic heterocycles. The van der Waals surface area contributed by atoms with Gasteiger partial charge in [-0.25, -0.2) is 4.79 Å². The van der Waals surface area contributed by atoms with Gasteiger partial charge in [-0.05, 0) is 30.5 Å². The standard InChI is InChI=1S/C18H22N2O/c1-14-9-7-8-12-17(14)13-20(3)18(21)19-15(2)16-10-5-4-6-11-16/h4-12,15H,13H2,1-3H3,(H,19,21). The van der Waals surface area contributed by atoms with Crippen LogP contribution in [0.2, 0.25) is 0 Å². The van der Waals surface area contributed by atoms with Gasteiger partial charge in [0, 0.05) is 13.6 Å². The topological polar surface area (TPSA) is 32.3 Å². The molecular weight excluding hydrogens is 260 g/mol. The molecule has 0 aliphatic rings. The van der Waals surface area contributed by atoms with E-state index < -0.39 is 0 Å². The zero-order valence-corrected chi connectivity index (χ0v) is 12.8. The first-order valence-corrected chi connectivity index (χ1v) is 7.19. The second kappa shape index (κ2) is 6.93. The van der Waals surface area contributed by atoms with Crippen molar-refractivity contribution in [2.75, 3.05) is 7.05 Å². The zero-order valence-electron chi connectivity index (χ0n) is 12.8. The van der Waals surface area contributed by atoms with Crippen LogP contribution in [0.4, 0.5) is 4.79 Å². The van der Waals surface area contributed by atoms with Gasteiger partial charge in [0.1, 0.15) is 0 Å². The fourth-order valence-corrected chi connectivity index (χ4v) is 2.24. The summed E-state index contributed by atoms with van der Waals surface area (Å²) in [5.41, 5.74) is 3.48. The van der Waals surface area contributed by atoms with Gasteiger partial charge >= 0.3 is 6.03 Å². The number of benzene rings is 2. The number of rotatable bonds is 4. The molecule has 3 heteroatoms. The van der Waals surface area contributed by atoms with Crippen molar-refractivity contribution >= 4 is 6.03 Å². The van der Waals surface area contributed by atoms with Crippen LogP contribution in [-0.4, -0.2) is 18.0 Å². The van der Waals surface area contributed by atoms with E-state index in [4.69, 9.17) is 0 Å². The van der Waals surface area contributed by atoms with Gasteiger partial charge in [0.15, 0.2) is 0 Å². The monoisotopic (exact) mass is 282 g/mol. The molecule has 2 aromatic carbocycles. The first-order chi connectivity index (χ1) is 10.1. The normalized spacial score (nSPS) is 11.8. The van der Waals surface area contributed by atoms with Gasteiger partial charge in [-0.2, -0.15) is 0 Å². The zero-order chi connectivity index (χ0) is 15.2. The second-order valence-corrected chi connectivity index (χ2v) is 5.36. The van der Waals surface area contributed by atoms with E-state index in [1.54, 1.807) is 4.90 Å². The number of urea groups is 1. The van der Waals surface area contributed by atoms with Crippen molar-refractivity contribution in [2.24, 2.45) is 0 Å². The van der Waals surface area contributed by atoms with Crippen LogP contribution in [0.5, 0.6) is 0 Å². The highest BCUT2D eigenvalue weighted by molar-refractivity contribution is 5.74. The van der Waals surface area contributed by atoms with E-state index in [0.717, 1.165) is 5.56 Å². The Labute approximate surface area is 126 Å². The Morgan fingerprint density at radius 3 is 2.38 bits per heavy atom. The molecule has 0 saturated carbocycles. The summed E-state index contributed by atoms with van der Waals surface area (Å²) < 4.78 is 0. The highest BCUT2D eigenvalue weighted by atomic mass is 16.2. The summed E-state index contributed by atoms with van der Waals surface area (Å²) in [6.45, 7) is 4.67. The molecule has 2 amide bonds. The van der Waals surface area contributed by atoms with Gasteiger partial charge in [-0.3, -0.25) is 0 Å². The molecule has 21 heavy (non-hydrogen) atoms. The highest BCUT2D eigenvalue weighted by Gasteiger charge is 2.13. The van der Waals surface area contributed by atoms with Crippen molar-refractivity contribution < 1.29 is 4.79 Å². The molecule has 3 nitrogen and oxygen atoms in total. The molecule has 0 fully saturated rings. The number of hydrogen-bond acceptors (Lipinski definition) is 1. The Morgan fingerprint density at radius 2 is 1.71 bits per heavy atom. The van der Waals surface area contributed by atoms with Gasteiger partial charge in [0.05, 0.1) is 6.04 Å². The molecular formula is C18H22N2O. The summed E-state index contributed by atoms with van der Waals surface area (Å²) in [4.78, 5) is 14.0. The lowest BCUT2D eigenvalue weighted by molar-refractivity contribution is 0.203. The summed E-state index contributed by atoms with van der Waals surface area (Å²) in [6, 6.07) is 18.0. The van der Waals surface area contributed by atoms with Crippen molar-refractivity contribution in [1.82, 2.24) is 10.2 Å². The minimum absolute atomic E-state index is 0.00183. The van der Waals surface area contributed by atoms with Gasteiger partial charge in [0.25, 0.3) is 0 Å². The van der Waals surface area contributed by atoms with Crippen molar-refractivity contribution in [2.45, 2.75) is 26.4 Å². The van der Waals surface area contributed by atoms with Gasteiger partial charge in [-0.1, -0.05) is 54.6 Å². The number of carbonyl (C=O) groups excluding carboxylic acids is 1. The second-order valence-electron chi connectivity index (χ2n) is 5.36. The highest BCUT2D eigenvalue weighted by Crippen LogP contribution is 2.13. The average Bonchev–Trinajstić information content (AvgIpc) is 2.50. The Morgan fingerprint density at radius 1 is 1.10 bits per heavy atom. The average molecular weight is 282 g/mol. The van der Waals surface area contributed by atoms with Crippen LogP contribution in [0.3, 0.4) is 0 Å². The Hall–Kier alpha value is -2.29. The first-order valence-electron chi connectivity index (χ1n) is 7.19. The third-order valence-corrected chi connectivity index (χ3v) is 3.66. The number of nitrogens with one attached hydrogen (secondary N) is 1. The lowest BCUT2D eigenvalue weighted by atomic mass is 10.1. The van der Waals surface area contributed by atoms with Crippen LogP contribution >= 0.6 is 0 Å². The maximum atomic E-state index is 12.3. The maximum Gasteiger partial charge on any atom is 0.317 e. The predicted molar refractivity (Wildman–Crippen MR) is 86.0 cm³/mol. The van der Waals surface area contributed by atoms with Crippen LogP contribution < -0.4 is 5.32 Å². The molecule has 0 aliphatic heterocycles. The number of amides is 2. The molecule has 1 atom stereocenters. The van der Waals surface area contributed by atoms with Crippen LogP contribution in [0.1, 0.15) is 29.7 Å². The van der Waals surface area contributed by atoms with E-state index in [1.807, 2.05) is 56.4 Å². The number of aryl methyl sites for hydroxylation is 1. The van der Waals surface area contributed by atoms with Crippen LogP contribution in [0.25, 0.3) is 0 Å². The Kier molecular flexibility index (Phi) is 4.99. The van der Waals surface area contributed by atoms with Gasteiger partial charge in [0.2, 0.25) is 0 Å². The molecule has 1 N–H and O–H groups in total. The lowest BCUT2D eigenvalue weighted by Crippen LogP contribution is -2.38. The van der Waals surface area contributed by atoms with E-state index in [0.29, 0.717) is 6.54 Å². The minimum atomic E-state index is -0.0605. The lowest BCUT2D eigenvalue weighted by Gasteiger charge is -2.22. The molecule has 0 bridgehead atoms. The quantitative estimate of drug-likeness (QED) is 0.906. The molecule has 1 unspecified atom stereocenters. The summed E-state index contributed by atoms with van der Waals surface area (Å²) in [7, 11) is 1.82. The molecule has 0 saturated heterocycles. The number of nitrogens with zero attached hydrogens (tertiary/aromatic N) is 1. The van der Waals surface area contributed by atoms with E-state index in [2.05, 4.69) is 24.4 Å². The SMILES string of the molecule is Cc1ccccc1CN(C)C(=O)NC(C)c1ccccc1. The van der Waals surface area contributed by atoms with Crippen molar-refractivity contribution in [3.8, 4) is 0 Å². The largest absolute Gasteiger partial charge is 0.331 e. The van der Waals surface area contributed by atoms with E-state index in [9.17, 15) is 4.79 Å². The Bertz CT molecular complexity index is 595.